The average Bonchev–Trinajstić information content (AvgIpc) is 2.65. The minimum atomic E-state index is -0.416. The molecule has 15 heavy (non-hydrogen) atoms. The van der Waals surface area contributed by atoms with Crippen LogP contribution in [0.25, 0.3) is 10.9 Å². The smallest absolute Gasteiger partial charge is 0.317 e. The van der Waals surface area contributed by atoms with E-state index in [2.05, 4.69) is 9.97 Å². The standard InChI is InChI=1S/C10H8N2O3/c13-9-6-2-1-5-3-15-4-7(5)8(6)11-10(14)12-9/h1-2H,3-4H2,(H2,11,12,13,14). The first kappa shape index (κ1) is 8.43. The molecule has 76 valence electrons. The zero-order valence-electron chi connectivity index (χ0n) is 7.77. The van der Waals surface area contributed by atoms with E-state index in [0.717, 1.165) is 11.1 Å². The Labute approximate surface area is 85.0 Å². The SMILES string of the molecule is Oc1nc(O)c2ccc3c(c2n1)COC3. The topological polar surface area (TPSA) is 75.5 Å². The molecule has 2 N–H and O–H groups in total. The van der Waals surface area contributed by atoms with Gasteiger partial charge in [-0.15, -0.1) is 0 Å². The van der Waals surface area contributed by atoms with Crippen LogP contribution >= 0.6 is 0 Å². The molecule has 0 aliphatic carbocycles. The third kappa shape index (κ3) is 1.13. The summed E-state index contributed by atoms with van der Waals surface area (Å²) in [5, 5.41) is 19.3. The second kappa shape index (κ2) is 2.80. The molecular weight excluding hydrogens is 196 g/mol. The number of rotatable bonds is 0. The van der Waals surface area contributed by atoms with Crippen molar-refractivity contribution in [1.82, 2.24) is 9.97 Å². The molecule has 0 atom stereocenters. The predicted molar refractivity (Wildman–Crippen MR) is 51.4 cm³/mol. The molecule has 2 heterocycles. The monoisotopic (exact) mass is 204 g/mol. The maximum atomic E-state index is 9.53. The highest BCUT2D eigenvalue weighted by atomic mass is 16.5. The van der Waals surface area contributed by atoms with Gasteiger partial charge in [-0.3, -0.25) is 0 Å². The molecule has 5 nitrogen and oxygen atoms in total. The Bertz CT molecular complexity index is 554. The Morgan fingerprint density at radius 2 is 2.00 bits per heavy atom. The molecule has 2 aromatic rings. The first-order valence-electron chi connectivity index (χ1n) is 4.54. The van der Waals surface area contributed by atoms with Gasteiger partial charge in [-0.1, -0.05) is 6.07 Å². The Kier molecular flexibility index (Phi) is 1.58. The third-order valence-corrected chi connectivity index (χ3v) is 2.54. The van der Waals surface area contributed by atoms with Gasteiger partial charge >= 0.3 is 6.01 Å². The lowest BCUT2D eigenvalue weighted by atomic mass is 10.1. The molecule has 5 heteroatoms. The summed E-state index contributed by atoms with van der Waals surface area (Å²) in [6.45, 7) is 1.01. The molecule has 3 rings (SSSR count). The molecule has 1 aromatic carbocycles. The summed E-state index contributed by atoms with van der Waals surface area (Å²) in [6, 6.07) is 3.20. The minimum Gasteiger partial charge on any atom is -0.493 e. The Hall–Kier alpha value is -1.88. The summed E-state index contributed by atoms with van der Waals surface area (Å²) in [4.78, 5) is 7.40. The number of ether oxygens (including phenoxy) is 1. The van der Waals surface area contributed by atoms with Crippen molar-refractivity contribution in [2.45, 2.75) is 13.2 Å². The van der Waals surface area contributed by atoms with E-state index >= 15 is 0 Å². The predicted octanol–water partition coefficient (Wildman–Crippen LogP) is 1.07. The summed E-state index contributed by atoms with van der Waals surface area (Å²) >= 11 is 0. The molecule has 0 radical (unpaired) electrons. The third-order valence-electron chi connectivity index (χ3n) is 2.54. The average molecular weight is 204 g/mol. The fraction of sp³-hybridized carbons (Fsp3) is 0.200. The van der Waals surface area contributed by atoms with Crippen LogP contribution in [0.1, 0.15) is 11.1 Å². The lowest BCUT2D eigenvalue weighted by molar-refractivity contribution is 0.135. The number of benzene rings is 1. The van der Waals surface area contributed by atoms with E-state index in [1.54, 1.807) is 6.07 Å². The van der Waals surface area contributed by atoms with Crippen LogP contribution in [-0.2, 0) is 18.0 Å². The van der Waals surface area contributed by atoms with E-state index in [0.29, 0.717) is 24.1 Å². The van der Waals surface area contributed by atoms with Crippen molar-refractivity contribution < 1.29 is 14.9 Å². The minimum absolute atomic E-state index is 0.202. The summed E-state index contributed by atoms with van der Waals surface area (Å²) in [5.74, 6) is -0.202. The van der Waals surface area contributed by atoms with E-state index in [1.165, 1.54) is 0 Å². The van der Waals surface area contributed by atoms with Crippen molar-refractivity contribution in [3.8, 4) is 11.9 Å². The number of aromatic hydroxyl groups is 2. The number of fused-ring (bicyclic) bond motifs is 3. The highest BCUT2D eigenvalue weighted by Gasteiger charge is 2.18. The summed E-state index contributed by atoms with van der Waals surface area (Å²) < 4.78 is 5.28. The molecule has 0 bridgehead atoms. The molecule has 1 aliphatic heterocycles. The second-order valence-electron chi connectivity index (χ2n) is 3.44. The fourth-order valence-corrected chi connectivity index (χ4v) is 1.83. The molecular formula is C10H8N2O3. The van der Waals surface area contributed by atoms with Crippen molar-refractivity contribution in [3.63, 3.8) is 0 Å². The van der Waals surface area contributed by atoms with Crippen molar-refractivity contribution in [3.05, 3.63) is 23.3 Å². The van der Waals surface area contributed by atoms with Crippen molar-refractivity contribution in [2.24, 2.45) is 0 Å². The van der Waals surface area contributed by atoms with Gasteiger partial charge in [0.1, 0.15) is 0 Å². The molecule has 0 saturated carbocycles. The molecule has 0 spiro atoms. The number of hydrogen-bond donors (Lipinski definition) is 2. The lowest BCUT2D eigenvalue weighted by Crippen LogP contribution is -1.91. The van der Waals surface area contributed by atoms with Crippen molar-refractivity contribution >= 4 is 10.9 Å². The maximum Gasteiger partial charge on any atom is 0.317 e. The van der Waals surface area contributed by atoms with Crippen LogP contribution in [0, 0.1) is 0 Å². The van der Waals surface area contributed by atoms with Crippen LogP contribution in [0.4, 0.5) is 0 Å². The lowest BCUT2D eigenvalue weighted by Gasteiger charge is -2.04. The van der Waals surface area contributed by atoms with Crippen LogP contribution in [0.5, 0.6) is 11.9 Å². The van der Waals surface area contributed by atoms with Gasteiger partial charge in [0, 0.05) is 5.56 Å². The van der Waals surface area contributed by atoms with E-state index < -0.39 is 6.01 Å². The van der Waals surface area contributed by atoms with Crippen molar-refractivity contribution in [2.75, 3.05) is 0 Å². The Morgan fingerprint density at radius 1 is 1.13 bits per heavy atom. The zero-order valence-corrected chi connectivity index (χ0v) is 7.77. The molecule has 1 aliphatic rings. The van der Waals surface area contributed by atoms with Crippen LogP contribution < -0.4 is 0 Å². The summed E-state index contributed by atoms with van der Waals surface area (Å²) in [5.41, 5.74) is 2.52. The van der Waals surface area contributed by atoms with Gasteiger partial charge < -0.3 is 14.9 Å². The van der Waals surface area contributed by atoms with E-state index in [-0.39, 0.29) is 5.88 Å². The van der Waals surface area contributed by atoms with Crippen LogP contribution in [-0.4, -0.2) is 20.2 Å². The highest BCUT2D eigenvalue weighted by molar-refractivity contribution is 5.87. The van der Waals surface area contributed by atoms with Crippen molar-refractivity contribution in [1.29, 1.82) is 0 Å². The number of aromatic nitrogens is 2. The first-order valence-corrected chi connectivity index (χ1v) is 4.54. The van der Waals surface area contributed by atoms with Gasteiger partial charge in [0.2, 0.25) is 5.88 Å². The molecule has 0 unspecified atom stereocenters. The van der Waals surface area contributed by atoms with Crippen LogP contribution in [0.3, 0.4) is 0 Å². The Morgan fingerprint density at radius 3 is 2.87 bits per heavy atom. The van der Waals surface area contributed by atoms with E-state index in [9.17, 15) is 10.2 Å². The molecule has 0 amide bonds. The summed E-state index contributed by atoms with van der Waals surface area (Å²) in [6.07, 6.45) is 0. The van der Waals surface area contributed by atoms with Gasteiger partial charge in [0.05, 0.1) is 24.1 Å². The second-order valence-corrected chi connectivity index (χ2v) is 3.44. The van der Waals surface area contributed by atoms with Gasteiger partial charge in [-0.05, 0) is 11.6 Å². The van der Waals surface area contributed by atoms with E-state index in [1.807, 2.05) is 6.07 Å². The van der Waals surface area contributed by atoms with Gasteiger partial charge in [-0.25, -0.2) is 0 Å². The quantitative estimate of drug-likeness (QED) is 0.671. The number of nitrogens with zero attached hydrogens (tertiary/aromatic N) is 2. The van der Waals surface area contributed by atoms with Crippen LogP contribution in [0.15, 0.2) is 12.1 Å². The number of hydrogen-bond acceptors (Lipinski definition) is 5. The van der Waals surface area contributed by atoms with E-state index in [4.69, 9.17) is 4.74 Å². The molecule has 0 saturated heterocycles. The van der Waals surface area contributed by atoms with Crippen LogP contribution in [0.2, 0.25) is 0 Å². The Balaban J connectivity index is 2.44. The largest absolute Gasteiger partial charge is 0.493 e. The van der Waals surface area contributed by atoms with Gasteiger partial charge in [0.25, 0.3) is 0 Å². The van der Waals surface area contributed by atoms with Gasteiger partial charge in [0.15, 0.2) is 0 Å². The molecule has 0 fully saturated rings. The highest BCUT2D eigenvalue weighted by Crippen LogP contribution is 2.31. The first-order chi connectivity index (χ1) is 7.25. The fourth-order valence-electron chi connectivity index (χ4n) is 1.83. The summed E-state index contributed by atoms with van der Waals surface area (Å²) in [7, 11) is 0. The normalized spacial score (nSPS) is 14.4. The maximum absolute atomic E-state index is 9.53. The molecule has 1 aromatic heterocycles. The van der Waals surface area contributed by atoms with Gasteiger partial charge in [-0.2, -0.15) is 9.97 Å². The zero-order chi connectivity index (χ0) is 10.4.